The lowest BCUT2D eigenvalue weighted by atomic mass is 9.94. The van der Waals surface area contributed by atoms with Gasteiger partial charge in [0.1, 0.15) is 0 Å². The highest BCUT2D eigenvalue weighted by molar-refractivity contribution is 6.43. The number of carbonyl (C=O) groups excluding carboxylic acids is 2. The number of hydrogen-bond donors (Lipinski definition) is 0. The van der Waals surface area contributed by atoms with Crippen LogP contribution in [0.15, 0.2) is 35.3 Å². The minimum absolute atomic E-state index is 0.0956. The molecule has 1 aromatic rings. The van der Waals surface area contributed by atoms with Crippen LogP contribution in [0.4, 0.5) is 0 Å². The molecule has 2 unspecified atom stereocenters. The summed E-state index contributed by atoms with van der Waals surface area (Å²) >= 11 is 0. The average Bonchev–Trinajstić information content (AvgIpc) is 2.81. The second kappa shape index (κ2) is 4.83. The zero-order valence-electron chi connectivity index (χ0n) is 11.2. The Labute approximate surface area is 116 Å². The lowest BCUT2D eigenvalue weighted by Crippen LogP contribution is -2.41. The summed E-state index contributed by atoms with van der Waals surface area (Å²) < 4.78 is 10.8. The summed E-state index contributed by atoms with van der Waals surface area (Å²) in [5.41, 5.74) is 0.0390. The minimum Gasteiger partial charge on any atom is -0.461 e. The van der Waals surface area contributed by atoms with Crippen molar-refractivity contribution in [2.45, 2.75) is 31.6 Å². The molecule has 20 heavy (non-hydrogen) atoms. The molecule has 2 heterocycles. The molecule has 2 aliphatic rings. The zero-order chi connectivity index (χ0) is 14.2. The van der Waals surface area contributed by atoms with Crippen LogP contribution in [0.2, 0.25) is 0 Å². The molecule has 1 aromatic carbocycles. The van der Waals surface area contributed by atoms with E-state index in [2.05, 4.69) is 4.99 Å². The molecule has 5 heteroatoms. The molecule has 104 valence electrons. The van der Waals surface area contributed by atoms with Crippen LogP contribution in [0.5, 0.6) is 0 Å². The third-order valence-electron chi connectivity index (χ3n) is 3.57. The fourth-order valence-corrected chi connectivity index (χ4v) is 2.62. The lowest BCUT2D eigenvalue weighted by molar-refractivity contribution is -0.147. The largest absolute Gasteiger partial charge is 0.461 e. The van der Waals surface area contributed by atoms with E-state index in [0.29, 0.717) is 12.8 Å². The van der Waals surface area contributed by atoms with Crippen molar-refractivity contribution >= 4 is 17.5 Å². The van der Waals surface area contributed by atoms with Crippen LogP contribution in [-0.4, -0.2) is 30.2 Å². The number of aliphatic imine (C=N–C) groups is 1. The fraction of sp³-hybridized carbons (Fsp3) is 0.400. The van der Waals surface area contributed by atoms with Crippen LogP contribution >= 0.6 is 0 Å². The van der Waals surface area contributed by atoms with Crippen molar-refractivity contribution < 1.29 is 19.1 Å². The Morgan fingerprint density at radius 3 is 2.90 bits per heavy atom. The van der Waals surface area contributed by atoms with Crippen LogP contribution in [0, 0.1) is 0 Å². The summed E-state index contributed by atoms with van der Waals surface area (Å²) in [5.74, 6) is -0.675. The van der Waals surface area contributed by atoms with Gasteiger partial charge in [-0.15, -0.1) is 0 Å². The Morgan fingerprint density at radius 1 is 1.45 bits per heavy atom. The Bertz CT molecular complexity index is 581. The molecule has 0 amide bonds. The number of benzene rings is 1. The molecule has 0 aromatic heterocycles. The van der Waals surface area contributed by atoms with Crippen molar-refractivity contribution in [3.8, 4) is 0 Å². The summed E-state index contributed by atoms with van der Waals surface area (Å²) in [5, 5.41) is 0. The van der Waals surface area contributed by atoms with E-state index in [-0.39, 0.29) is 18.1 Å². The normalized spacial score (nSPS) is 28.1. The molecule has 2 aliphatic heterocycles. The number of esters is 1. The van der Waals surface area contributed by atoms with Gasteiger partial charge in [-0.3, -0.25) is 4.79 Å². The molecule has 0 radical (unpaired) electrons. The van der Waals surface area contributed by atoms with E-state index in [9.17, 15) is 9.59 Å². The van der Waals surface area contributed by atoms with Crippen LogP contribution < -0.4 is 0 Å². The number of ketones is 1. The Morgan fingerprint density at radius 2 is 2.20 bits per heavy atom. The minimum atomic E-state index is -0.915. The molecule has 0 saturated carbocycles. The number of fused-ring (bicyclic) bond motifs is 2. The molecule has 0 aliphatic carbocycles. The van der Waals surface area contributed by atoms with Crippen LogP contribution in [0.1, 0.15) is 25.3 Å². The van der Waals surface area contributed by atoms with Crippen molar-refractivity contribution in [1.29, 1.82) is 0 Å². The smallest absolute Gasteiger partial charge is 0.355 e. The predicted molar refractivity (Wildman–Crippen MR) is 71.3 cm³/mol. The maximum atomic E-state index is 11.9. The van der Waals surface area contributed by atoms with Crippen molar-refractivity contribution in [1.82, 2.24) is 0 Å². The van der Waals surface area contributed by atoms with Gasteiger partial charge in [0.05, 0.1) is 6.61 Å². The van der Waals surface area contributed by atoms with E-state index in [1.807, 2.05) is 30.3 Å². The van der Waals surface area contributed by atoms with Gasteiger partial charge in [-0.2, -0.15) is 0 Å². The highest BCUT2D eigenvalue weighted by Crippen LogP contribution is 2.42. The molecule has 2 atom stereocenters. The summed E-state index contributed by atoms with van der Waals surface area (Å²) in [4.78, 5) is 28.3. The number of Topliss-reactive ketones (excluding diaryl/α,β-unsaturated/α-hetero) is 1. The van der Waals surface area contributed by atoms with Gasteiger partial charge < -0.3 is 9.47 Å². The summed E-state index contributed by atoms with van der Waals surface area (Å²) in [6.45, 7) is 1.96. The van der Waals surface area contributed by atoms with Gasteiger partial charge in [-0.1, -0.05) is 30.3 Å². The van der Waals surface area contributed by atoms with Gasteiger partial charge in [0.2, 0.25) is 0 Å². The third kappa shape index (κ3) is 1.94. The van der Waals surface area contributed by atoms with E-state index in [0.717, 1.165) is 5.56 Å². The first kappa shape index (κ1) is 13.0. The monoisotopic (exact) mass is 273 g/mol. The highest BCUT2D eigenvalue weighted by atomic mass is 16.6. The molecular formula is C15H15NO4. The standard InChI is InChI=1S/C15H15NO4/c1-2-19-14(18)12-13-11(17)8-9-15(16-12,20-13)10-6-4-3-5-7-10/h3-7,13H,2,8-9H2,1H3. The topological polar surface area (TPSA) is 65.0 Å². The maximum absolute atomic E-state index is 11.9. The third-order valence-corrected chi connectivity index (χ3v) is 3.57. The number of nitrogens with zero attached hydrogens (tertiary/aromatic N) is 1. The Balaban J connectivity index is 2.01. The van der Waals surface area contributed by atoms with Gasteiger partial charge in [-0.25, -0.2) is 9.79 Å². The fourth-order valence-electron chi connectivity index (χ4n) is 2.62. The zero-order valence-corrected chi connectivity index (χ0v) is 11.2. The predicted octanol–water partition coefficient (Wildman–Crippen LogP) is 1.61. The molecule has 1 saturated heterocycles. The molecule has 1 fully saturated rings. The molecule has 3 rings (SSSR count). The van der Waals surface area contributed by atoms with Crippen molar-refractivity contribution in [2.75, 3.05) is 6.61 Å². The van der Waals surface area contributed by atoms with E-state index in [1.165, 1.54) is 0 Å². The number of carbonyl (C=O) groups is 2. The highest BCUT2D eigenvalue weighted by Gasteiger charge is 2.52. The summed E-state index contributed by atoms with van der Waals surface area (Å²) in [6.07, 6.45) is -0.0793. The van der Waals surface area contributed by atoms with E-state index in [4.69, 9.17) is 9.47 Å². The van der Waals surface area contributed by atoms with Gasteiger partial charge >= 0.3 is 5.97 Å². The summed E-state index contributed by atoms with van der Waals surface area (Å²) in [7, 11) is 0. The first-order valence-electron chi connectivity index (χ1n) is 6.69. The quantitative estimate of drug-likeness (QED) is 0.785. The van der Waals surface area contributed by atoms with E-state index in [1.54, 1.807) is 6.92 Å². The van der Waals surface area contributed by atoms with E-state index < -0.39 is 17.8 Å². The number of ether oxygens (including phenoxy) is 2. The molecule has 5 nitrogen and oxygen atoms in total. The van der Waals surface area contributed by atoms with Crippen LogP contribution in [-0.2, 0) is 24.8 Å². The SMILES string of the molecule is CCOC(=O)C1=NC2(c3ccccc3)CCC(=O)C1O2. The van der Waals surface area contributed by atoms with Crippen molar-refractivity contribution in [3.63, 3.8) is 0 Å². The Kier molecular flexibility index (Phi) is 3.14. The first-order valence-corrected chi connectivity index (χ1v) is 6.69. The average molecular weight is 273 g/mol. The molecule has 2 bridgehead atoms. The number of rotatable bonds is 3. The second-order valence-electron chi connectivity index (χ2n) is 4.83. The van der Waals surface area contributed by atoms with Gasteiger partial charge in [0.15, 0.2) is 23.3 Å². The maximum Gasteiger partial charge on any atom is 0.355 e. The second-order valence-corrected chi connectivity index (χ2v) is 4.83. The summed E-state index contributed by atoms with van der Waals surface area (Å²) in [6, 6.07) is 9.46. The van der Waals surface area contributed by atoms with Crippen molar-refractivity contribution in [3.05, 3.63) is 35.9 Å². The lowest BCUT2D eigenvalue weighted by Gasteiger charge is -2.31. The number of hydrogen-bond acceptors (Lipinski definition) is 5. The van der Waals surface area contributed by atoms with Crippen LogP contribution in [0.3, 0.4) is 0 Å². The van der Waals surface area contributed by atoms with Crippen molar-refractivity contribution in [2.24, 2.45) is 4.99 Å². The van der Waals surface area contributed by atoms with Gasteiger partial charge in [0.25, 0.3) is 0 Å². The molecule has 0 spiro atoms. The van der Waals surface area contributed by atoms with Gasteiger partial charge in [-0.05, 0) is 6.92 Å². The van der Waals surface area contributed by atoms with Gasteiger partial charge in [0, 0.05) is 18.4 Å². The van der Waals surface area contributed by atoms with Crippen LogP contribution in [0.25, 0.3) is 0 Å². The van der Waals surface area contributed by atoms with E-state index >= 15 is 0 Å². The molecular weight excluding hydrogens is 258 g/mol. The molecule has 0 N–H and O–H groups in total. The first-order chi connectivity index (χ1) is 9.66. The Hall–Kier alpha value is -2.01.